The molecule has 0 aliphatic heterocycles. The van der Waals surface area contributed by atoms with E-state index < -0.39 is 12.0 Å². The Kier molecular flexibility index (Phi) is 8.03. The minimum atomic E-state index is -1.00. The van der Waals surface area contributed by atoms with Gasteiger partial charge in [-0.3, -0.25) is 0 Å². The van der Waals surface area contributed by atoms with Crippen molar-refractivity contribution in [2.45, 2.75) is 89.5 Å². The SMILES string of the molecule is CCCCCC1C(CCCC(N)O)CCCCC1(N)O. The Morgan fingerprint density at radius 1 is 1.20 bits per heavy atom. The summed E-state index contributed by atoms with van der Waals surface area (Å²) in [5, 5.41) is 19.8. The molecule has 1 saturated carbocycles. The van der Waals surface area contributed by atoms with Gasteiger partial charge < -0.3 is 21.7 Å². The third-order valence-corrected chi connectivity index (χ3v) is 4.81. The zero-order valence-electron chi connectivity index (χ0n) is 13.1. The highest BCUT2D eigenvalue weighted by Gasteiger charge is 2.38. The van der Waals surface area contributed by atoms with Gasteiger partial charge in [0.2, 0.25) is 0 Å². The number of aliphatic hydroxyl groups excluding tert-OH is 1. The van der Waals surface area contributed by atoms with Crippen molar-refractivity contribution in [3.63, 3.8) is 0 Å². The first-order valence-corrected chi connectivity index (χ1v) is 8.42. The van der Waals surface area contributed by atoms with Crippen molar-refractivity contribution in [2.75, 3.05) is 0 Å². The van der Waals surface area contributed by atoms with Crippen LogP contribution in [-0.4, -0.2) is 22.2 Å². The van der Waals surface area contributed by atoms with E-state index in [1.807, 2.05) is 0 Å². The number of nitrogens with two attached hydrogens (primary N) is 2. The van der Waals surface area contributed by atoms with Gasteiger partial charge in [-0.1, -0.05) is 39.0 Å². The Balaban J connectivity index is 2.58. The van der Waals surface area contributed by atoms with E-state index in [0.29, 0.717) is 12.3 Å². The van der Waals surface area contributed by atoms with E-state index in [-0.39, 0.29) is 5.92 Å². The Labute approximate surface area is 123 Å². The van der Waals surface area contributed by atoms with Crippen molar-refractivity contribution in [3.8, 4) is 0 Å². The first-order valence-electron chi connectivity index (χ1n) is 8.42. The topological polar surface area (TPSA) is 92.5 Å². The summed E-state index contributed by atoms with van der Waals surface area (Å²) in [6.45, 7) is 2.20. The van der Waals surface area contributed by atoms with Crippen LogP contribution >= 0.6 is 0 Å². The molecule has 4 nitrogen and oxygen atoms in total. The fourth-order valence-corrected chi connectivity index (χ4v) is 3.64. The van der Waals surface area contributed by atoms with Crippen molar-refractivity contribution in [3.05, 3.63) is 0 Å². The zero-order valence-corrected chi connectivity index (χ0v) is 13.1. The van der Waals surface area contributed by atoms with Crippen molar-refractivity contribution in [1.29, 1.82) is 0 Å². The molecule has 0 aromatic heterocycles. The fourth-order valence-electron chi connectivity index (χ4n) is 3.64. The van der Waals surface area contributed by atoms with E-state index in [1.165, 1.54) is 12.8 Å². The summed E-state index contributed by atoms with van der Waals surface area (Å²) in [5.74, 6) is 0.676. The number of unbranched alkanes of at least 4 members (excludes halogenated alkanes) is 2. The number of hydrogen-bond donors (Lipinski definition) is 4. The summed E-state index contributed by atoms with van der Waals surface area (Å²) in [5.41, 5.74) is 10.6. The highest BCUT2D eigenvalue weighted by molar-refractivity contribution is 4.88. The van der Waals surface area contributed by atoms with Gasteiger partial charge in [-0.25, -0.2) is 0 Å². The summed E-state index contributed by atoms with van der Waals surface area (Å²) in [6.07, 6.45) is 10.5. The summed E-state index contributed by atoms with van der Waals surface area (Å²) < 4.78 is 0. The molecular weight excluding hydrogens is 252 g/mol. The highest BCUT2D eigenvalue weighted by Crippen LogP contribution is 2.39. The molecule has 0 bridgehead atoms. The maximum absolute atomic E-state index is 10.6. The lowest BCUT2D eigenvalue weighted by atomic mass is 9.76. The van der Waals surface area contributed by atoms with Crippen LogP contribution in [-0.2, 0) is 0 Å². The van der Waals surface area contributed by atoms with Gasteiger partial charge in [0.1, 0.15) is 12.0 Å². The van der Waals surface area contributed by atoms with E-state index in [0.717, 1.165) is 51.4 Å². The van der Waals surface area contributed by atoms with Crippen molar-refractivity contribution >= 4 is 0 Å². The average Bonchev–Trinajstić information content (AvgIpc) is 2.50. The predicted molar refractivity (Wildman–Crippen MR) is 82.8 cm³/mol. The Hall–Kier alpha value is -0.160. The summed E-state index contributed by atoms with van der Waals surface area (Å²) in [4.78, 5) is 0. The molecular formula is C16H34N2O2. The van der Waals surface area contributed by atoms with Gasteiger partial charge in [-0.2, -0.15) is 0 Å². The molecule has 20 heavy (non-hydrogen) atoms. The molecule has 4 unspecified atom stereocenters. The Bertz CT molecular complexity index is 257. The average molecular weight is 286 g/mol. The molecule has 0 amide bonds. The maximum atomic E-state index is 10.6. The number of rotatable bonds is 8. The summed E-state index contributed by atoms with van der Waals surface area (Å²) >= 11 is 0. The molecule has 1 aliphatic rings. The minimum absolute atomic E-state index is 0.200. The molecule has 0 aromatic rings. The second-order valence-corrected chi connectivity index (χ2v) is 6.60. The summed E-state index contributed by atoms with van der Waals surface area (Å²) in [6, 6.07) is 0. The second-order valence-electron chi connectivity index (χ2n) is 6.60. The molecule has 4 heteroatoms. The number of aliphatic hydroxyl groups is 2. The van der Waals surface area contributed by atoms with Crippen LogP contribution in [0, 0.1) is 11.8 Å². The lowest BCUT2D eigenvalue weighted by Crippen LogP contribution is -2.49. The van der Waals surface area contributed by atoms with Gasteiger partial charge in [0.25, 0.3) is 0 Å². The minimum Gasteiger partial charge on any atom is -0.379 e. The van der Waals surface area contributed by atoms with Gasteiger partial charge in [-0.05, 0) is 44.4 Å². The lowest BCUT2D eigenvalue weighted by Gasteiger charge is -2.36. The predicted octanol–water partition coefficient (Wildman–Crippen LogP) is 2.47. The van der Waals surface area contributed by atoms with E-state index in [1.54, 1.807) is 0 Å². The number of hydrogen-bond acceptors (Lipinski definition) is 4. The first kappa shape index (κ1) is 17.9. The van der Waals surface area contributed by atoms with Gasteiger partial charge in [-0.15, -0.1) is 0 Å². The molecule has 0 saturated heterocycles. The normalized spacial score (nSPS) is 32.9. The van der Waals surface area contributed by atoms with Crippen LogP contribution in [0.1, 0.15) is 77.6 Å². The molecule has 0 spiro atoms. The van der Waals surface area contributed by atoms with Crippen LogP contribution in [0.5, 0.6) is 0 Å². The fraction of sp³-hybridized carbons (Fsp3) is 1.00. The van der Waals surface area contributed by atoms with Crippen LogP contribution in [0.4, 0.5) is 0 Å². The van der Waals surface area contributed by atoms with Crippen molar-refractivity contribution < 1.29 is 10.2 Å². The summed E-state index contributed by atoms with van der Waals surface area (Å²) in [7, 11) is 0. The van der Waals surface area contributed by atoms with E-state index >= 15 is 0 Å². The quantitative estimate of drug-likeness (QED) is 0.313. The molecule has 0 heterocycles. The van der Waals surface area contributed by atoms with E-state index in [4.69, 9.17) is 11.5 Å². The van der Waals surface area contributed by atoms with Gasteiger partial charge in [0.05, 0.1) is 0 Å². The first-order chi connectivity index (χ1) is 9.47. The lowest BCUT2D eigenvalue weighted by molar-refractivity contribution is -0.0447. The highest BCUT2D eigenvalue weighted by atomic mass is 16.3. The molecule has 120 valence electrons. The molecule has 1 rings (SSSR count). The third-order valence-electron chi connectivity index (χ3n) is 4.81. The van der Waals surface area contributed by atoms with Crippen LogP contribution in [0.25, 0.3) is 0 Å². The maximum Gasteiger partial charge on any atom is 0.116 e. The third kappa shape index (κ3) is 6.08. The van der Waals surface area contributed by atoms with Crippen LogP contribution in [0.2, 0.25) is 0 Å². The molecule has 1 aliphatic carbocycles. The van der Waals surface area contributed by atoms with Crippen LogP contribution in [0.3, 0.4) is 0 Å². The van der Waals surface area contributed by atoms with Gasteiger partial charge in [0.15, 0.2) is 0 Å². The van der Waals surface area contributed by atoms with Crippen molar-refractivity contribution in [2.24, 2.45) is 23.3 Å². The molecule has 6 N–H and O–H groups in total. The monoisotopic (exact) mass is 286 g/mol. The van der Waals surface area contributed by atoms with E-state index in [9.17, 15) is 10.2 Å². The van der Waals surface area contributed by atoms with Crippen molar-refractivity contribution in [1.82, 2.24) is 0 Å². The van der Waals surface area contributed by atoms with Gasteiger partial charge >= 0.3 is 0 Å². The molecule has 1 fully saturated rings. The van der Waals surface area contributed by atoms with Crippen LogP contribution < -0.4 is 11.5 Å². The standard InChI is InChI=1S/C16H34N2O2/c1-2-3-4-10-14-13(9-7-11-15(17)19)8-5-6-12-16(14,18)20/h13-15,19-20H,2-12,17-18H2,1H3. The second kappa shape index (κ2) is 8.98. The largest absolute Gasteiger partial charge is 0.379 e. The van der Waals surface area contributed by atoms with E-state index in [2.05, 4.69) is 6.92 Å². The zero-order chi connectivity index (χ0) is 15.0. The smallest absolute Gasteiger partial charge is 0.116 e. The molecule has 4 atom stereocenters. The van der Waals surface area contributed by atoms with Gasteiger partial charge in [0, 0.05) is 5.92 Å². The Morgan fingerprint density at radius 3 is 2.60 bits per heavy atom. The molecule has 0 radical (unpaired) electrons. The molecule has 0 aromatic carbocycles. The van der Waals surface area contributed by atoms with Crippen LogP contribution in [0.15, 0.2) is 0 Å². The Morgan fingerprint density at radius 2 is 1.95 bits per heavy atom.